The normalized spacial score (nSPS) is 56.5. The minimum atomic E-state index is -0.0541. The van der Waals surface area contributed by atoms with Crippen LogP contribution in [-0.4, -0.2) is 34.0 Å². The fourth-order valence-corrected chi connectivity index (χ4v) is 14.0. The summed E-state index contributed by atoms with van der Waals surface area (Å²) < 4.78 is 0. The molecule has 4 heteroatoms. The third-order valence-corrected chi connectivity index (χ3v) is 16.7. The molecule has 0 unspecified atom stereocenters. The second kappa shape index (κ2) is 10.4. The van der Waals surface area contributed by atoms with Crippen LogP contribution >= 0.6 is 0 Å². The summed E-state index contributed by atoms with van der Waals surface area (Å²) in [5.74, 6) is 7.07. The molecule has 8 rings (SSSR count). The van der Waals surface area contributed by atoms with Gasteiger partial charge in [0.1, 0.15) is 11.6 Å². The van der Waals surface area contributed by atoms with Gasteiger partial charge in [0.25, 0.3) is 0 Å². The van der Waals surface area contributed by atoms with Gasteiger partial charge in [-0.3, -0.25) is 9.59 Å². The van der Waals surface area contributed by atoms with Gasteiger partial charge in [-0.05, 0) is 161 Å². The maximum absolute atomic E-state index is 12.4. The van der Waals surface area contributed by atoms with Crippen molar-refractivity contribution in [3.63, 3.8) is 0 Å². The van der Waals surface area contributed by atoms with E-state index in [9.17, 15) is 19.8 Å². The number of hydrogen-bond acceptors (Lipinski definition) is 4. The van der Waals surface area contributed by atoms with Gasteiger partial charge in [0.15, 0.2) is 0 Å². The van der Waals surface area contributed by atoms with E-state index >= 15 is 0 Å². The number of Topliss-reactive ketones (excluding diaryl/α,β-unsaturated/α-hetero) is 2. The van der Waals surface area contributed by atoms with Crippen LogP contribution in [0.4, 0.5) is 0 Å². The number of carbonyl (C=O) groups is 2. The van der Waals surface area contributed by atoms with E-state index in [0.29, 0.717) is 34.2 Å². The summed E-state index contributed by atoms with van der Waals surface area (Å²) in [6.45, 7) is 9.56. The van der Waals surface area contributed by atoms with Crippen LogP contribution in [0, 0.1) is 69.0 Å². The summed E-state index contributed by atoms with van der Waals surface area (Å²) >= 11 is 0. The highest BCUT2D eigenvalue weighted by molar-refractivity contribution is 5.87. The summed E-state index contributed by atoms with van der Waals surface area (Å²) in [7, 11) is 0. The quantitative estimate of drug-likeness (QED) is 0.305. The highest BCUT2D eigenvalue weighted by Crippen LogP contribution is 2.67. The number of fused-ring (bicyclic) bond motifs is 10. The predicted molar refractivity (Wildman–Crippen MR) is 165 cm³/mol. The number of rotatable bonds is 0. The number of carbonyl (C=O) groups excluding carboxylic acids is 2. The highest BCUT2D eigenvalue weighted by atomic mass is 16.3. The molecule has 8 saturated carbocycles. The van der Waals surface area contributed by atoms with Crippen molar-refractivity contribution in [2.75, 3.05) is 0 Å². The van der Waals surface area contributed by atoms with Gasteiger partial charge in [-0.1, -0.05) is 27.7 Å². The van der Waals surface area contributed by atoms with Crippen LogP contribution in [0.2, 0.25) is 0 Å². The second-order valence-electron chi connectivity index (χ2n) is 18.0. The monoisotopic (exact) mass is 580 g/mol. The molecule has 8 aliphatic rings. The molecule has 42 heavy (non-hydrogen) atoms. The van der Waals surface area contributed by atoms with E-state index in [4.69, 9.17) is 0 Å². The Balaban J connectivity index is 0.000000137. The fraction of sp³-hybridized carbons (Fsp3) is 0.947. The molecule has 8 fully saturated rings. The van der Waals surface area contributed by atoms with Gasteiger partial charge in [-0.25, -0.2) is 0 Å². The van der Waals surface area contributed by atoms with Crippen LogP contribution in [0.1, 0.15) is 143 Å². The molecule has 14 atom stereocenters. The Labute approximate surface area is 255 Å². The molecular formula is C38H60O4. The predicted octanol–water partition coefficient (Wildman–Crippen LogP) is 7.92. The third kappa shape index (κ3) is 4.33. The molecule has 8 aliphatic carbocycles. The largest absolute Gasteiger partial charge is 0.393 e. The van der Waals surface area contributed by atoms with Crippen LogP contribution in [0.5, 0.6) is 0 Å². The zero-order valence-electron chi connectivity index (χ0n) is 27.2. The maximum Gasteiger partial charge on any atom is 0.139 e. The maximum atomic E-state index is 12.4. The first-order chi connectivity index (χ1) is 19.9. The van der Waals surface area contributed by atoms with Gasteiger partial charge in [0.2, 0.25) is 0 Å². The van der Waals surface area contributed by atoms with Gasteiger partial charge in [-0.2, -0.15) is 0 Å². The van der Waals surface area contributed by atoms with E-state index in [1.54, 1.807) is 0 Å². The van der Waals surface area contributed by atoms with Crippen molar-refractivity contribution in [3.8, 4) is 0 Å². The Morgan fingerprint density at radius 2 is 0.905 bits per heavy atom. The standard InChI is InChI=1S/2C19H30O2/c2*1-18-9-7-13(20)11-12(18)3-4-14-15-5-6-17(21)19(15,2)10-8-16(14)18/h2*12-16,20H,3-11H2,1-2H3/t2*12-,13+,14-,15-,16-,18-,19-/m00/s1. The molecule has 2 N–H and O–H groups in total. The van der Waals surface area contributed by atoms with E-state index in [1.807, 2.05) is 0 Å². The molecule has 0 aromatic carbocycles. The lowest BCUT2D eigenvalue weighted by Gasteiger charge is -2.60. The van der Waals surface area contributed by atoms with Crippen molar-refractivity contribution in [1.29, 1.82) is 0 Å². The van der Waals surface area contributed by atoms with E-state index in [2.05, 4.69) is 27.7 Å². The lowest BCUT2D eigenvalue weighted by atomic mass is 9.45. The lowest BCUT2D eigenvalue weighted by molar-refractivity contribution is -0.142. The van der Waals surface area contributed by atoms with Crippen molar-refractivity contribution in [2.45, 2.75) is 155 Å². The van der Waals surface area contributed by atoms with Gasteiger partial charge >= 0.3 is 0 Å². The first-order valence-electron chi connectivity index (χ1n) is 18.3. The van der Waals surface area contributed by atoms with Crippen LogP contribution < -0.4 is 0 Å². The molecule has 0 spiro atoms. The molecule has 0 bridgehead atoms. The molecule has 236 valence electrons. The summed E-state index contributed by atoms with van der Waals surface area (Å²) in [5, 5.41) is 20.1. The third-order valence-electron chi connectivity index (χ3n) is 16.7. The molecule has 0 heterocycles. The fourth-order valence-electron chi connectivity index (χ4n) is 14.0. The number of ketones is 2. The average Bonchev–Trinajstić information content (AvgIpc) is 3.44. The van der Waals surface area contributed by atoms with Crippen LogP contribution in [0.3, 0.4) is 0 Å². The van der Waals surface area contributed by atoms with Crippen LogP contribution in [-0.2, 0) is 9.59 Å². The van der Waals surface area contributed by atoms with Gasteiger partial charge in [0.05, 0.1) is 12.2 Å². The van der Waals surface area contributed by atoms with Crippen molar-refractivity contribution >= 4 is 11.6 Å². The molecule has 0 saturated heterocycles. The Morgan fingerprint density at radius 3 is 1.31 bits per heavy atom. The van der Waals surface area contributed by atoms with E-state index in [1.165, 1.54) is 51.4 Å². The molecule has 4 nitrogen and oxygen atoms in total. The molecule has 0 aliphatic heterocycles. The van der Waals surface area contributed by atoms with E-state index in [0.717, 1.165) is 99.7 Å². The average molecular weight is 581 g/mol. The Morgan fingerprint density at radius 1 is 0.500 bits per heavy atom. The Hall–Kier alpha value is -0.740. The Bertz CT molecular complexity index is 1000. The van der Waals surface area contributed by atoms with Crippen LogP contribution in [0.15, 0.2) is 0 Å². The lowest BCUT2D eigenvalue weighted by Crippen LogP contribution is -2.54. The zero-order valence-corrected chi connectivity index (χ0v) is 27.2. The van der Waals surface area contributed by atoms with Crippen molar-refractivity contribution in [2.24, 2.45) is 69.0 Å². The van der Waals surface area contributed by atoms with Crippen molar-refractivity contribution in [1.82, 2.24) is 0 Å². The minimum Gasteiger partial charge on any atom is -0.393 e. The molecule has 0 amide bonds. The van der Waals surface area contributed by atoms with Crippen LogP contribution in [0.25, 0.3) is 0 Å². The first-order valence-corrected chi connectivity index (χ1v) is 18.3. The topological polar surface area (TPSA) is 74.6 Å². The number of hydrogen-bond donors (Lipinski definition) is 2. The summed E-state index contributed by atoms with van der Waals surface area (Å²) in [6.07, 6.45) is 20.3. The second-order valence-corrected chi connectivity index (χ2v) is 18.0. The van der Waals surface area contributed by atoms with Crippen molar-refractivity contribution in [3.05, 3.63) is 0 Å². The highest BCUT2D eigenvalue weighted by Gasteiger charge is 2.61. The van der Waals surface area contributed by atoms with E-state index in [-0.39, 0.29) is 23.0 Å². The van der Waals surface area contributed by atoms with E-state index < -0.39 is 0 Å². The Kier molecular flexibility index (Phi) is 7.41. The van der Waals surface area contributed by atoms with Gasteiger partial charge in [0, 0.05) is 23.7 Å². The van der Waals surface area contributed by atoms with Gasteiger partial charge < -0.3 is 10.2 Å². The van der Waals surface area contributed by atoms with Gasteiger partial charge in [-0.15, -0.1) is 0 Å². The van der Waals surface area contributed by atoms with Crippen molar-refractivity contribution < 1.29 is 19.8 Å². The SMILES string of the molecule is C[C@]12CC[C@@H](O)C[C@@H]1CC[C@@H]1[C@@H]2CC[C@]2(C)C(=O)CC[C@@H]12.C[C@]12CC[C@@H](O)C[C@@H]1CC[C@@H]1[C@@H]2CC[C@]2(C)C(=O)CC[C@@H]12. The summed E-state index contributed by atoms with van der Waals surface area (Å²) in [5.41, 5.74) is 0.904. The smallest absolute Gasteiger partial charge is 0.139 e. The summed E-state index contributed by atoms with van der Waals surface area (Å²) in [4.78, 5) is 24.8. The number of aliphatic hydroxyl groups excluding tert-OH is 2. The summed E-state index contributed by atoms with van der Waals surface area (Å²) in [6, 6.07) is 0. The molecule has 0 aromatic rings. The first kappa shape index (κ1) is 29.9. The zero-order chi connectivity index (χ0) is 29.7. The minimum absolute atomic E-state index is 0.0124. The molecule has 0 radical (unpaired) electrons. The number of aliphatic hydroxyl groups is 2. The molecular weight excluding hydrogens is 520 g/mol. The molecule has 0 aromatic heterocycles.